The molecule has 4 nitrogen and oxygen atoms in total. The molecule has 192 valence electrons. The Kier molecular flexibility index (Phi) is 34.5. The summed E-state index contributed by atoms with van der Waals surface area (Å²) in [6, 6.07) is 0. The Morgan fingerprint density at radius 3 is 1.21 bits per heavy atom. The van der Waals surface area contributed by atoms with Crippen molar-refractivity contribution in [3.63, 3.8) is 0 Å². The fourth-order valence-corrected chi connectivity index (χ4v) is 4.48. The molecular formula is C28H54Na2O4. The number of hydrogen-bond donors (Lipinski definition) is 2. The average molecular weight is 501 g/mol. The van der Waals surface area contributed by atoms with Crippen molar-refractivity contribution in [3.8, 4) is 0 Å². The summed E-state index contributed by atoms with van der Waals surface area (Å²) in [7, 11) is 0. The van der Waals surface area contributed by atoms with Crippen molar-refractivity contribution in [2.45, 2.75) is 142 Å². The Bertz CT molecular complexity index is 471. The first-order valence-electron chi connectivity index (χ1n) is 13.6. The molecule has 0 saturated heterocycles. The topological polar surface area (TPSA) is 74.6 Å². The Balaban J connectivity index is -0.00000480. The molecule has 0 rings (SSSR count). The maximum absolute atomic E-state index is 11.6. The molecule has 0 fully saturated rings. The summed E-state index contributed by atoms with van der Waals surface area (Å²) in [4.78, 5) is 23.1. The van der Waals surface area contributed by atoms with Gasteiger partial charge in [0.15, 0.2) is 0 Å². The van der Waals surface area contributed by atoms with Gasteiger partial charge in [0.25, 0.3) is 0 Å². The number of aliphatic carboxylic acids is 2. The van der Waals surface area contributed by atoms with Crippen LogP contribution in [0, 0.1) is 11.8 Å². The van der Waals surface area contributed by atoms with E-state index in [4.69, 9.17) is 0 Å². The zero-order chi connectivity index (χ0) is 23.9. The van der Waals surface area contributed by atoms with Crippen molar-refractivity contribution < 1.29 is 19.8 Å². The van der Waals surface area contributed by atoms with E-state index in [0.717, 1.165) is 57.8 Å². The third-order valence-electron chi connectivity index (χ3n) is 6.67. The van der Waals surface area contributed by atoms with Gasteiger partial charge < -0.3 is 10.2 Å². The van der Waals surface area contributed by atoms with Crippen LogP contribution in [0.3, 0.4) is 0 Å². The molecule has 0 aliphatic rings. The van der Waals surface area contributed by atoms with Crippen molar-refractivity contribution in [1.82, 2.24) is 0 Å². The van der Waals surface area contributed by atoms with Crippen molar-refractivity contribution in [2.24, 2.45) is 11.8 Å². The van der Waals surface area contributed by atoms with Crippen molar-refractivity contribution >= 4 is 71.1 Å². The molecule has 0 amide bonds. The SMILES string of the molecule is C=CCCCCCCCCC(CCCCC(CCCCCCCCCC)C(=O)O)C(=O)O.[NaH].[NaH]. The molecule has 2 N–H and O–H groups in total. The van der Waals surface area contributed by atoms with Gasteiger partial charge in [0, 0.05) is 0 Å². The van der Waals surface area contributed by atoms with Crippen molar-refractivity contribution in [1.29, 1.82) is 0 Å². The second-order valence-corrected chi connectivity index (χ2v) is 9.61. The molecule has 34 heavy (non-hydrogen) atoms. The average Bonchev–Trinajstić information content (AvgIpc) is 2.76. The second-order valence-electron chi connectivity index (χ2n) is 9.61. The first kappa shape index (κ1) is 39.2. The van der Waals surface area contributed by atoms with E-state index in [1.54, 1.807) is 0 Å². The van der Waals surface area contributed by atoms with Gasteiger partial charge in [-0.25, -0.2) is 0 Å². The number of carbonyl (C=O) groups is 2. The zero-order valence-electron chi connectivity index (χ0n) is 21.0. The number of rotatable bonds is 25. The predicted octanol–water partition coefficient (Wildman–Crippen LogP) is 7.49. The van der Waals surface area contributed by atoms with E-state index in [-0.39, 0.29) is 71.0 Å². The molecule has 0 bridgehead atoms. The van der Waals surface area contributed by atoms with Crippen LogP contribution in [-0.2, 0) is 9.59 Å². The fourth-order valence-electron chi connectivity index (χ4n) is 4.48. The molecule has 0 aliphatic carbocycles. The maximum atomic E-state index is 11.6. The molecular weight excluding hydrogens is 446 g/mol. The molecule has 0 aromatic carbocycles. The Hall–Kier alpha value is 0.680. The molecule has 0 aliphatic heterocycles. The molecule has 0 saturated carbocycles. The monoisotopic (exact) mass is 500 g/mol. The van der Waals surface area contributed by atoms with E-state index in [1.807, 2.05) is 6.08 Å². The summed E-state index contributed by atoms with van der Waals surface area (Å²) in [5, 5.41) is 19.0. The Morgan fingerprint density at radius 2 is 0.882 bits per heavy atom. The van der Waals surface area contributed by atoms with E-state index in [9.17, 15) is 19.8 Å². The van der Waals surface area contributed by atoms with Crippen LogP contribution in [0.5, 0.6) is 0 Å². The normalized spacial score (nSPS) is 12.3. The van der Waals surface area contributed by atoms with Crippen molar-refractivity contribution in [2.75, 3.05) is 0 Å². The predicted molar refractivity (Wildman–Crippen MR) is 149 cm³/mol. The van der Waals surface area contributed by atoms with Gasteiger partial charge in [0.2, 0.25) is 0 Å². The standard InChI is InChI=1S/C28H52O4.2Na.2H/c1-3-5-7-9-11-13-15-17-21-25(27(29)30)23-19-20-24-26(28(31)32)22-18-16-14-12-10-8-6-4-2;;;;/h3,25-26H,1,4-24H2,2H3,(H,29,30)(H,31,32);;;;. The van der Waals surface area contributed by atoms with Crippen LogP contribution in [0.4, 0.5) is 0 Å². The number of allylic oxidation sites excluding steroid dienone is 1. The van der Waals surface area contributed by atoms with Crippen LogP contribution in [0.2, 0.25) is 0 Å². The summed E-state index contributed by atoms with van der Waals surface area (Å²) in [6.45, 7) is 5.96. The first-order chi connectivity index (χ1) is 15.5. The van der Waals surface area contributed by atoms with Crippen LogP contribution >= 0.6 is 0 Å². The molecule has 6 heteroatoms. The number of unbranched alkanes of at least 4 members (excludes halogenated alkanes) is 14. The zero-order valence-corrected chi connectivity index (χ0v) is 21.0. The van der Waals surface area contributed by atoms with Crippen LogP contribution in [-0.4, -0.2) is 81.3 Å². The minimum absolute atomic E-state index is 0. The molecule has 0 aromatic rings. The van der Waals surface area contributed by atoms with Gasteiger partial charge in [0.05, 0.1) is 11.8 Å². The third kappa shape index (κ3) is 25.8. The van der Waals surface area contributed by atoms with Gasteiger partial charge >= 0.3 is 71.1 Å². The third-order valence-corrected chi connectivity index (χ3v) is 6.67. The van der Waals surface area contributed by atoms with Gasteiger partial charge in [-0.05, 0) is 38.5 Å². The van der Waals surface area contributed by atoms with Gasteiger partial charge in [-0.1, -0.05) is 109 Å². The molecule has 0 aromatic heterocycles. The summed E-state index contributed by atoms with van der Waals surface area (Å²) in [5.74, 6) is -1.91. The van der Waals surface area contributed by atoms with E-state index < -0.39 is 11.9 Å². The van der Waals surface area contributed by atoms with Crippen LogP contribution < -0.4 is 0 Å². The van der Waals surface area contributed by atoms with Gasteiger partial charge in [-0.15, -0.1) is 6.58 Å². The Labute approximate surface area is 255 Å². The van der Waals surface area contributed by atoms with E-state index in [2.05, 4.69) is 13.5 Å². The van der Waals surface area contributed by atoms with Gasteiger partial charge in [-0.3, -0.25) is 9.59 Å². The molecule has 2 unspecified atom stereocenters. The Morgan fingerprint density at radius 1 is 0.588 bits per heavy atom. The summed E-state index contributed by atoms with van der Waals surface area (Å²) < 4.78 is 0. The number of hydrogen-bond acceptors (Lipinski definition) is 2. The molecule has 0 radical (unpaired) electrons. The summed E-state index contributed by atoms with van der Waals surface area (Å²) in [6.07, 6.45) is 24.3. The van der Waals surface area contributed by atoms with Gasteiger partial charge in [0.1, 0.15) is 0 Å². The number of carboxylic acid groups (broad SMARTS) is 2. The van der Waals surface area contributed by atoms with Crippen LogP contribution in [0.25, 0.3) is 0 Å². The summed E-state index contributed by atoms with van der Waals surface area (Å²) >= 11 is 0. The van der Waals surface area contributed by atoms with E-state index >= 15 is 0 Å². The molecule has 0 spiro atoms. The van der Waals surface area contributed by atoms with Crippen molar-refractivity contribution in [3.05, 3.63) is 12.7 Å². The van der Waals surface area contributed by atoms with E-state index in [1.165, 1.54) is 64.2 Å². The molecule has 0 heterocycles. The quantitative estimate of drug-likeness (QED) is 0.0773. The van der Waals surface area contributed by atoms with Crippen LogP contribution in [0.15, 0.2) is 12.7 Å². The fraction of sp³-hybridized carbons (Fsp3) is 0.857. The summed E-state index contributed by atoms with van der Waals surface area (Å²) in [5.41, 5.74) is 0. The second kappa shape index (κ2) is 29.9. The number of carboxylic acids is 2. The van der Waals surface area contributed by atoms with E-state index in [0.29, 0.717) is 12.8 Å². The molecule has 2 atom stereocenters. The minimum atomic E-state index is -0.690. The first-order valence-corrected chi connectivity index (χ1v) is 13.6. The van der Waals surface area contributed by atoms with Crippen LogP contribution in [0.1, 0.15) is 142 Å². The van der Waals surface area contributed by atoms with Gasteiger partial charge in [-0.2, -0.15) is 0 Å².